The smallest absolute Gasteiger partial charge is 0.325 e. The molecule has 0 radical (unpaired) electrons. The van der Waals surface area contributed by atoms with Crippen molar-refractivity contribution in [3.63, 3.8) is 0 Å². The van der Waals surface area contributed by atoms with Crippen molar-refractivity contribution < 1.29 is 18.0 Å². The lowest BCUT2D eigenvalue weighted by molar-refractivity contribution is -0.137. The Bertz CT molecular complexity index is 941. The molecule has 1 amide bonds. The zero-order valence-electron chi connectivity index (χ0n) is 13.6. The van der Waals surface area contributed by atoms with E-state index in [-0.39, 0.29) is 5.69 Å². The average molecular weight is 377 g/mol. The fraction of sp³-hybridized carbons (Fsp3) is 0.167. The molecule has 0 fully saturated rings. The van der Waals surface area contributed by atoms with Crippen LogP contribution in [-0.2, 0) is 11.0 Å². The maximum atomic E-state index is 13.0. The number of halogens is 3. The third-order valence-corrected chi connectivity index (χ3v) is 4.78. The minimum Gasteiger partial charge on any atom is -0.325 e. The molecule has 0 aliphatic rings. The van der Waals surface area contributed by atoms with Gasteiger partial charge in [0.2, 0.25) is 5.91 Å². The number of nitrogens with zero attached hydrogens (tertiary/aromatic N) is 2. The molecule has 1 unspecified atom stereocenters. The number of amides is 1. The van der Waals surface area contributed by atoms with E-state index in [1.165, 1.54) is 18.2 Å². The molecule has 0 saturated carbocycles. The Morgan fingerprint density at radius 1 is 1.12 bits per heavy atom. The summed E-state index contributed by atoms with van der Waals surface area (Å²) in [6, 6.07) is 12.3. The number of para-hydroxylation sites is 1. The minimum absolute atomic E-state index is 0.263. The van der Waals surface area contributed by atoms with Gasteiger partial charge < -0.3 is 5.32 Å². The topological polar surface area (TPSA) is 54.9 Å². The molecule has 0 aliphatic carbocycles. The quantitative estimate of drug-likeness (QED) is 0.666. The first-order valence-electron chi connectivity index (χ1n) is 7.70. The van der Waals surface area contributed by atoms with E-state index < -0.39 is 22.9 Å². The maximum Gasteiger partial charge on any atom is 0.418 e. The molecule has 0 spiro atoms. The number of fused-ring (bicyclic) bond motifs is 1. The summed E-state index contributed by atoms with van der Waals surface area (Å²) in [7, 11) is 0. The summed E-state index contributed by atoms with van der Waals surface area (Å²) in [5.41, 5.74) is -1.14. The molecule has 1 aromatic heterocycles. The van der Waals surface area contributed by atoms with Gasteiger partial charge in [-0.25, -0.2) is 0 Å². The van der Waals surface area contributed by atoms with E-state index in [1.54, 1.807) is 13.1 Å². The molecule has 0 aliphatic heterocycles. The standard InChI is InChI=1S/C18H14F3N3OS/c1-11(26-17-13-7-3-2-6-12(13)10-22-24-17)16(25)23-15-9-5-4-8-14(15)18(19,20)21/h2-11H,1H3,(H,23,25). The molecule has 3 aromatic rings. The first-order chi connectivity index (χ1) is 12.4. The largest absolute Gasteiger partial charge is 0.418 e. The van der Waals surface area contributed by atoms with Gasteiger partial charge in [-0.2, -0.15) is 18.3 Å². The van der Waals surface area contributed by atoms with Crippen LogP contribution in [0.25, 0.3) is 10.8 Å². The second kappa shape index (κ2) is 7.33. The lowest BCUT2D eigenvalue weighted by Gasteiger charge is -2.16. The molecule has 2 aromatic carbocycles. The molecule has 4 nitrogen and oxygen atoms in total. The van der Waals surface area contributed by atoms with Crippen molar-refractivity contribution in [3.05, 3.63) is 60.3 Å². The second-order valence-corrected chi connectivity index (χ2v) is 6.86. The van der Waals surface area contributed by atoms with E-state index in [0.717, 1.165) is 28.6 Å². The summed E-state index contributed by atoms with van der Waals surface area (Å²) in [5, 5.41) is 11.9. The Morgan fingerprint density at radius 3 is 2.58 bits per heavy atom. The fourth-order valence-corrected chi connectivity index (χ4v) is 3.29. The van der Waals surface area contributed by atoms with Crippen LogP contribution in [0.3, 0.4) is 0 Å². The lowest BCUT2D eigenvalue weighted by atomic mass is 10.1. The second-order valence-electron chi connectivity index (χ2n) is 5.53. The van der Waals surface area contributed by atoms with Crippen molar-refractivity contribution in [1.82, 2.24) is 10.2 Å². The van der Waals surface area contributed by atoms with E-state index >= 15 is 0 Å². The number of anilines is 1. The third kappa shape index (κ3) is 3.96. The van der Waals surface area contributed by atoms with Crippen molar-refractivity contribution >= 4 is 34.1 Å². The van der Waals surface area contributed by atoms with E-state index in [1.807, 2.05) is 24.3 Å². The highest BCUT2D eigenvalue weighted by molar-refractivity contribution is 8.00. The number of aromatic nitrogens is 2. The number of rotatable bonds is 4. The summed E-state index contributed by atoms with van der Waals surface area (Å²) in [5.74, 6) is -0.540. The predicted molar refractivity (Wildman–Crippen MR) is 94.9 cm³/mol. The van der Waals surface area contributed by atoms with Crippen LogP contribution in [0.2, 0.25) is 0 Å². The van der Waals surface area contributed by atoms with Crippen LogP contribution in [0.4, 0.5) is 18.9 Å². The van der Waals surface area contributed by atoms with E-state index in [0.29, 0.717) is 5.03 Å². The van der Waals surface area contributed by atoms with Gasteiger partial charge >= 0.3 is 6.18 Å². The molecule has 0 saturated heterocycles. The van der Waals surface area contributed by atoms with E-state index in [9.17, 15) is 18.0 Å². The van der Waals surface area contributed by atoms with Gasteiger partial charge in [-0.15, -0.1) is 5.10 Å². The summed E-state index contributed by atoms with van der Waals surface area (Å²) < 4.78 is 39.1. The average Bonchev–Trinajstić information content (AvgIpc) is 2.61. The number of alkyl halides is 3. The maximum absolute atomic E-state index is 13.0. The molecule has 8 heteroatoms. The van der Waals surface area contributed by atoms with Crippen molar-refractivity contribution in [3.8, 4) is 0 Å². The number of nitrogens with one attached hydrogen (secondary N) is 1. The Kier molecular flexibility index (Phi) is 5.13. The zero-order chi connectivity index (χ0) is 18.7. The third-order valence-electron chi connectivity index (χ3n) is 3.68. The molecule has 1 N–H and O–H groups in total. The Balaban J connectivity index is 1.79. The molecule has 1 atom stereocenters. The molecular weight excluding hydrogens is 363 g/mol. The highest BCUT2D eigenvalue weighted by Crippen LogP contribution is 2.35. The van der Waals surface area contributed by atoms with Gasteiger partial charge in [0.25, 0.3) is 0 Å². The minimum atomic E-state index is -4.54. The SMILES string of the molecule is CC(Sc1nncc2ccccc12)C(=O)Nc1ccccc1C(F)(F)F. The van der Waals surface area contributed by atoms with Gasteiger partial charge in [0, 0.05) is 10.8 Å². The van der Waals surface area contributed by atoms with Crippen LogP contribution in [0.1, 0.15) is 12.5 Å². The van der Waals surface area contributed by atoms with Crippen molar-refractivity contribution in [1.29, 1.82) is 0 Å². The first-order valence-corrected chi connectivity index (χ1v) is 8.58. The highest BCUT2D eigenvalue weighted by Gasteiger charge is 2.34. The molecule has 0 bridgehead atoms. The number of benzene rings is 2. The first kappa shape index (κ1) is 18.2. The zero-order valence-corrected chi connectivity index (χ0v) is 14.4. The Morgan fingerprint density at radius 2 is 1.81 bits per heavy atom. The van der Waals surface area contributed by atoms with Crippen LogP contribution in [0.5, 0.6) is 0 Å². The van der Waals surface area contributed by atoms with Gasteiger partial charge in [0.1, 0.15) is 5.03 Å². The molecular formula is C18H14F3N3OS. The number of carbonyl (C=O) groups excluding carboxylic acids is 1. The van der Waals surface area contributed by atoms with Crippen LogP contribution >= 0.6 is 11.8 Å². The van der Waals surface area contributed by atoms with Gasteiger partial charge in [0.15, 0.2) is 0 Å². The van der Waals surface area contributed by atoms with Crippen molar-refractivity contribution in [2.45, 2.75) is 23.4 Å². The number of hydrogen-bond acceptors (Lipinski definition) is 4. The Labute approximate surface area is 151 Å². The fourth-order valence-electron chi connectivity index (χ4n) is 2.38. The van der Waals surface area contributed by atoms with Crippen LogP contribution in [-0.4, -0.2) is 21.4 Å². The molecule has 26 heavy (non-hydrogen) atoms. The van der Waals surface area contributed by atoms with Crippen LogP contribution in [0.15, 0.2) is 59.8 Å². The molecule has 1 heterocycles. The number of carbonyl (C=O) groups is 1. The Hall–Kier alpha value is -2.61. The van der Waals surface area contributed by atoms with Gasteiger partial charge in [0.05, 0.1) is 22.7 Å². The lowest BCUT2D eigenvalue weighted by Crippen LogP contribution is -2.24. The van der Waals surface area contributed by atoms with Crippen LogP contribution in [0, 0.1) is 0 Å². The summed E-state index contributed by atoms with van der Waals surface area (Å²) in [6.07, 6.45) is -2.93. The van der Waals surface area contributed by atoms with E-state index in [4.69, 9.17) is 0 Å². The molecule has 134 valence electrons. The summed E-state index contributed by atoms with van der Waals surface area (Å²) >= 11 is 1.15. The van der Waals surface area contributed by atoms with Gasteiger partial charge in [-0.05, 0) is 19.1 Å². The van der Waals surface area contributed by atoms with Crippen molar-refractivity contribution in [2.24, 2.45) is 0 Å². The van der Waals surface area contributed by atoms with Crippen molar-refractivity contribution in [2.75, 3.05) is 5.32 Å². The van der Waals surface area contributed by atoms with Gasteiger partial charge in [-0.3, -0.25) is 4.79 Å². The van der Waals surface area contributed by atoms with Gasteiger partial charge in [-0.1, -0.05) is 48.2 Å². The monoisotopic (exact) mass is 377 g/mol. The predicted octanol–water partition coefficient (Wildman–Crippen LogP) is 4.77. The molecule has 3 rings (SSSR count). The summed E-state index contributed by atoms with van der Waals surface area (Å²) in [4.78, 5) is 12.4. The highest BCUT2D eigenvalue weighted by atomic mass is 32.2. The number of thioether (sulfide) groups is 1. The van der Waals surface area contributed by atoms with E-state index in [2.05, 4.69) is 15.5 Å². The normalized spacial score (nSPS) is 12.8. The summed E-state index contributed by atoms with van der Waals surface area (Å²) in [6.45, 7) is 1.61. The number of hydrogen-bond donors (Lipinski definition) is 1. The van der Waals surface area contributed by atoms with Crippen LogP contribution < -0.4 is 5.32 Å².